The zero-order valence-electron chi connectivity index (χ0n) is 9.57. The van der Waals surface area contributed by atoms with E-state index in [1.54, 1.807) is 6.07 Å². The minimum absolute atomic E-state index is 0.0201. The molecule has 6 heteroatoms. The molecule has 0 heterocycles. The van der Waals surface area contributed by atoms with E-state index in [9.17, 15) is 22.8 Å². The lowest BCUT2D eigenvalue weighted by Gasteiger charge is -2.04. The normalized spacial score (nSPS) is 11.3. The van der Waals surface area contributed by atoms with Gasteiger partial charge in [-0.15, -0.1) is 0 Å². The molecule has 0 fully saturated rings. The van der Waals surface area contributed by atoms with Crippen molar-refractivity contribution in [3.05, 3.63) is 41.5 Å². The Kier molecular flexibility index (Phi) is 4.59. The monoisotopic (exact) mass is 267 g/mol. The van der Waals surface area contributed by atoms with Crippen molar-refractivity contribution in [3.63, 3.8) is 0 Å². The largest absolute Gasteiger partial charge is 0.450 e. The number of nitrogens with zero attached hydrogens (tertiary/aromatic N) is 1. The quantitative estimate of drug-likeness (QED) is 0.478. The number of nitriles is 1. The Hall–Kier alpha value is -2.42. The van der Waals surface area contributed by atoms with Crippen molar-refractivity contribution in [2.75, 3.05) is 0 Å². The van der Waals surface area contributed by atoms with Crippen LogP contribution in [0.3, 0.4) is 0 Å². The molecule has 0 saturated heterocycles. The summed E-state index contributed by atoms with van der Waals surface area (Å²) < 4.78 is 36.0. The first-order valence-electron chi connectivity index (χ1n) is 5.14. The highest BCUT2D eigenvalue weighted by atomic mass is 19.4. The lowest BCUT2D eigenvalue weighted by Crippen LogP contribution is -2.25. The van der Waals surface area contributed by atoms with Gasteiger partial charge in [0.15, 0.2) is 5.78 Å². The Bertz CT molecular complexity index is 551. The van der Waals surface area contributed by atoms with Crippen LogP contribution in [0.15, 0.2) is 30.3 Å². The molecule has 0 aliphatic heterocycles. The van der Waals surface area contributed by atoms with E-state index >= 15 is 0 Å². The number of benzene rings is 1. The van der Waals surface area contributed by atoms with Crippen molar-refractivity contribution in [2.24, 2.45) is 0 Å². The zero-order chi connectivity index (χ0) is 14.5. The van der Waals surface area contributed by atoms with Crippen molar-refractivity contribution in [1.82, 2.24) is 0 Å². The van der Waals surface area contributed by atoms with E-state index in [1.165, 1.54) is 36.4 Å². The van der Waals surface area contributed by atoms with E-state index in [-0.39, 0.29) is 5.56 Å². The van der Waals surface area contributed by atoms with Gasteiger partial charge in [-0.3, -0.25) is 9.59 Å². The molecule has 1 aromatic carbocycles. The molecule has 19 heavy (non-hydrogen) atoms. The Morgan fingerprint density at radius 1 is 1.21 bits per heavy atom. The van der Waals surface area contributed by atoms with Crippen LogP contribution < -0.4 is 0 Å². The van der Waals surface area contributed by atoms with Crippen LogP contribution in [0.1, 0.15) is 22.3 Å². The molecular formula is C13H8F3NO2. The van der Waals surface area contributed by atoms with Gasteiger partial charge in [0.25, 0.3) is 0 Å². The molecule has 0 saturated carbocycles. The van der Waals surface area contributed by atoms with Crippen LogP contribution in [-0.4, -0.2) is 17.7 Å². The van der Waals surface area contributed by atoms with E-state index in [0.717, 1.165) is 0 Å². The van der Waals surface area contributed by atoms with Gasteiger partial charge in [0, 0.05) is 11.6 Å². The maximum absolute atomic E-state index is 12.0. The first-order chi connectivity index (χ1) is 8.84. The number of rotatable bonds is 4. The molecule has 1 aromatic rings. The molecule has 0 aromatic heterocycles. The number of carbonyl (C=O) groups is 2. The van der Waals surface area contributed by atoms with Crippen LogP contribution in [0.25, 0.3) is 6.08 Å². The Morgan fingerprint density at radius 2 is 1.79 bits per heavy atom. The maximum Gasteiger partial charge on any atom is 0.450 e. The standard InChI is InChI=1S/C13H8F3NO2/c14-13(15,16)12(19)8-11(18)10-5-3-9(4-6-10)2-1-7-17/h1-6H,8H2. The van der Waals surface area contributed by atoms with E-state index in [1.807, 2.05) is 0 Å². The third-order valence-corrected chi connectivity index (χ3v) is 2.22. The fourth-order valence-corrected chi connectivity index (χ4v) is 1.26. The minimum Gasteiger partial charge on any atom is -0.294 e. The SMILES string of the molecule is N#CC=Cc1ccc(C(=O)CC(=O)C(F)(F)F)cc1. The minimum atomic E-state index is -4.99. The summed E-state index contributed by atoms with van der Waals surface area (Å²) in [5, 5.41) is 8.31. The van der Waals surface area contributed by atoms with Crippen molar-refractivity contribution in [3.8, 4) is 6.07 Å². The second kappa shape index (κ2) is 5.96. The third-order valence-electron chi connectivity index (χ3n) is 2.22. The average molecular weight is 267 g/mol. The predicted molar refractivity (Wildman–Crippen MR) is 61.1 cm³/mol. The van der Waals surface area contributed by atoms with Crippen LogP contribution in [-0.2, 0) is 4.79 Å². The number of ketones is 2. The summed E-state index contributed by atoms with van der Waals surface area (Å²) in [5.41, 5.74) is 0.645. The fourth-order valence-electron chi connectivity index (χ4n) is 1.26. The second-order valence-corrected chi connectivity index (χ2v) is 3.61. The molecule has 3 nitrogen and oxygen atoms in total. The number of allylic oxidation sites excluding steroid dienone is 1. The van der Waals surface area contributed by atoms with Crippen molar-refractivity contribution in [2.45, 2.75) is 12.6 Å². The van der Waals surface area contributed by atoms with Gasteiger partial charge in [0.1, 0.15) is 0 Å². The highest BCUT2D eigenvalue weighted by Crippen LogP contribution is 2.19. The summed E-state index contributed by atoms with van der Waals surface area (Å²) in [4.78, 5) is 22.1. The number of alkyl halides is 3. The van der Waals surface area contributed by atoms with Gasteiger partial charge in [-0.25, -0.2) is 0 Å². The highest BCUT2D eigenvalue weighted by molar-refractivity contribution is 6.09. The lowest BCUT2D eigenvalue weighted by molar-refractivity contribution is -0.170. The molecule has 98 valence electrons. The van der Waals surface area contributed by atoms with E-state index < -0.39 is 24.2 Å². The summed E-state index contributed by atoms with van der Waals surface area (Å²) in [7, 11) is 0. The number of Topliss-reactive ketones (excluding diaryl/α,β-unsaturated/α-hetero) is 2. The first kappa shape index (κ1) is 14.6. The lowest BCUT2D eigenvalue weighted by atomic mass is 10.0. The first-order valence-corrected chi connectivity index (χ1v) is 5.14. The van der Waals surface area contributed by atoms with Gasteiger partial charge < -0.3 is 0 Å². The summed E-state index contributed by atoms with van der Waals surface area (Å²) in [6, 6.07) is 7.34. The number of hydrogen-bond donors (Lipinski definition) is 0. The second-order valence-electron chi connectivity index (χ2n) is 3.61. The van der Waals surface area contributed by atoms with Crippen LogP contribution in [0, 0.1) is 11.3 Å². The molecule has 0 atom stereocenters. The molecule has 0 spiro atoms. The molecule has 0 bridgehead atoms. The van der Waals surface area contributed by atoms with Gasteiger partial charge in [-0.2, -0.15) is 18.4 Å². The zero-order valence-corrected chi connectivity index (χ0v) is 9.57. The highest BCUT2D eigenvalue weighted by Gasteiger charge is 2.39. The molecule has 0 unspecified atom stereocenters. The number of halogens is 3. The molecule has 0 radical (unpaired) electrons. The predicted octanol–water partition coefficient (Wildman–Crippen LogP) is 2.93. The van der Waals surface area contributed by atoms with Crippen LogP contribution >= 0.6 is 0 Å². The van der Waals surface area contributed by atoms with E-state index in [0.29, 0.717) is 5.56 Å². The van der Waals surface area contributed by atoms with Gasteiger partial charge in [-0.05, 0) is 11.6 Å². The molecular weight excluding hydrogens is 259 g/mol. The van der Waals surface area contributed by atoms with Crippen molar-refractivity contribution in [1.29, 1.82) is 5.26 Å². The van der Waals surface area contributed by atoms with Crippen LogP contribution in [0.5, 0.6) is 0 Å². The average Bonchev–Trinajstić information content (AvgIpc) is 2.35. The van der Waals surface area contributed by atoms with E-state index in [4.69, 9.17) is 5.26 Å². The topological polar surface area (TPSA) is 57.9 Å². The smallest absolute Gasteiger partial charge is 0.294 e. The molecule has 0 amide bonds. The Balaban J connectivity index is 2.77. The summed E-state index contributed by atoms with van der Waals surface area (Å²) in [5.74, 6) is -2.95. The number of hydrogen-bond acceptors (Lipinski definition) is 3. The number of carbonyl (C=O) groups excluding carboxylic acids is 2. The van der Waals surface area contributed by atoms with Gasteiger partial charge in [0.2, 0.25) is 5.78 Å². The summed E-state index contributed by atoms with van der Waals surface area (Å²) >= 11 is 0. The van der Waals surface area contributed by atoms with E-state index in [2.05, 4.69) is 0 Å². The summed E-state index contributed by atoms with van der Waals surface area (Å²) in [6.45, 7) is 0. The Morgan fingerprint density at radius 3 is 2.26 bits per heavy atom. The van der Waals surface area contributed by atoms with Gasteiger partial charge in [-0.1, -0.05) is 24.3 Å². The maximum atomic E-state index is 12.0. The van der Waals surface area contributed by atoms with Gasteiger partial charge >= 0.3 is 6.18 Å². The summed E-state index contributed by atoms with van der Waals surface area (Å²) in [6.07, 6.45) is -3.48. The fraction of sp³-hybridized carbons (Fsp3) is 0.154. The molecule has 0 aliphatic carbocycles. The van der Waals surface area contributed by atoms with Gasteiger partial charge in [0.05, 0.1) is 12.5 Å². The van der Waals surface area contributed by atoms with Crippen LogP contribution in [0.2, 0.25) is 0 Å². The Labute approximate surface area is 107 Å². The third kappa shape index (κ3) is 4.39. The van der Waals surface area contributed by atoms with Crippen molar-refractivity contribution < 1.29 is 22.8 Å². The van der Waals surface area contributed by atoms with Crippen LogP contribution in [0.4, 0.5) is 13.2 Å². The molecule has 1 rings (SSSR count). The van der Waals surface area contributed by atoms with Crippen molar-refractivity contribution >= 4 is 17.6 Å². The molecule has 0 aliphatic rings. The molecule has 0 N–H and O–H groups in total.